The van der Waals surface area contributed by atoms with Gasteiger partial charge in [-0.3, -0.25) is 4.79 Å². The smallest absolute Gasteiger partial charge is 0.265 e. The first-order valence-corrected chi connectivity index (χ1v) is 7.78. The zero-order valence-corrected chi connectivity index (χ0v) is 13.9. The molecule has 0 saturated heterocycles. The van der Waals surface area contributed by atoms with E-state index in [2.05, 4.69) is 5.32 Å². The van der Waals surface area contributed by atoms with Crippen molar-refractivity contribution in [1.29, 1.82) is 0 Å². The van der Waals surface area contributed by atoms with Gasteiger partial charge in [0.1, 0.15) is 5.75 Å². The summed E-state index contributed by atoms with van der Waals surface area (Å²) in [6.07, 6.45) is 0.168. The molecule has 0 aromatic heterocycles. The van der Waals surface area contributed by atoms with Gasteiger partial charge in [-0.1, -0.05) is 54.4 Å². The Hall–Kier alpha value is -1.71. The van der Waals surface area contributed by atoms with Gasteiger partial charge in [0.05, 0.1) is 15.7 Å². The molecule has 0 saturated carbocycles. The Morgan fingerprint density at radius 3 is 2.41 bits per heavy atom. The zero-order chi connectivity index (χ0) is 16.1. The molecule has 2 aromatic rings. The molecule has 0 spiro atoms. The molecular formula is C17H17Cl2NO2. The van der Waals surface area contributed by atoms with E-state index in [9.17, 15) is 4.79 Å². The number of rotatable bonds is 5. The number of halogens is 2. The van der Waals surface area contributed by atoms with Crippen molar-refractivity contribution >= 4 is 34.8 Å². The largest absolute Gasteiger partial charge is 0.481 e. The lowest BCUT2D eigenvalue weighted by molar-refractivity contribution is -0.122. The molecule has 1 N–H and O–H groups in total. The van der Waals surface area contributed by atoms with Crippen molar-refractivity contribution in [2.75, 3.05) is 5.32 Å². The number of hydrogen-bond acceptors (Lipinski definition) is 2. The van der Waals surface area contributed by atoms with Gasteiger partial charge < -0.3 is 10.1 Å². The van der Waals surface area contributed by atoms with Crippen LogP contribution in [0, 0.1) is 0 Å². The molecule has 0 radical (unpaired) electrons. The number of benzene rings is 2. The predicted molar refractivity (Wildman–Crippen MR) is 91.0 cm³/mol. The highest BCUT2D eigenvalue weighted by Crippen LogP contribution is 2.30. The Morgan fingerprint density at radius 2 is 1.77 bits per heavy atom. The molecule has 0 heterocycles. The van der Waals surface area contributed by atoms with Crippen LogP contribution in [0.5, 0.6) is 5.75 Å². The molecule has 2 aromatic carbocycles. The highest BCUT2D eigenvalue weighted by molar-refractivity contribution is 6.39. The summed E-state index contributed by atoms with van der Waals surface area (Å²) >= 11 is 12.1. The summed E-state index contributed by atoms with van der Waals surface area (Å²) in [4.78, 5) is 12.3. The molecule has 2 rings (SSSR count). The van der Waals surface area contributed by atoms with E-state index in [0.717, 1.165) is 12.0 Å². The first-order chi connectivity index (χ1) is 10.5. The van der Waals surface area contributed by atoms with Gasteiger partial charge in [0.2, 0.25) is 0 Å². The minimum absolute atomic E-state index is 0.305. The third-order valence-electron chi connectivity index (χ3n) is 3.24. The van der Waals surface area contributed by atoms with Crippen LogP contribution in [-0.4, -0.2) is 12.0 Å². The molecular weight excluding hydrogens is 321 g/mol. The SMILES string of the molecule is CCc1ccccc1O[C@H](C)C(=O)Nc1c(Cl)cccc1Cl. The van der Waals surface area contributed by atoms with Crippen LogP contribution in [0.2, 0.25) is 10.0 Å². The molecule has 0 aliphatic rings. The van der Waals surface area contributed by atoms with Crippen LogP contribution in [0.15, 0.2) is 42.5 Å². The molecule has 0 bridgehead atoms. The van der Waals surface area contributed by atoms with E-state index in [0.29, 0.717) is 21.5 Å². The lowest BCUT2D eigenvalue weighted by atomic mass is 10.1. The van der Waals surface area contributed by atoms with Gasteiger partial charge >= 0.3 is 0 Å². The van der Waals surface area contributed by atoms with Gasteiger partial charge in [-0.15, -0.1) is 0 Å². The molecule has 3 nitrogen and oxygen atoms in total. The number of nitrogens with one attached hydrogen (secondary N) is 1. The van der Waals surface area contributed by atoms with E-state index in [1.807, 2.05) is 31.2 Å². The average molecular weight is 338 g/mol. The molecule has 0 fully saturated rings. The normalized spacial score (nSPS) is 11.8. The van der Waals surface area contributed by atoms with Crippen molar-refractivity contribution in [2.24, 2.45) is 0 Å². The standard InChI is InChI=1S/C17H17Cl2NO2/c1-3-12-7-4-5-10-15(12)22-11(2)17(21)20-16-13(18)8-6-9-14(16)19/h4-11H,3H2,1-2H3,(H,20,21)/t11-/m1/s1. The van der Waals surface area contributed by atoms with E-state index in [4.69, 9.17) is 27.9 Å². The number of anilines is 1. The molecule has 0 unspecified atom stereocenters. The lowest BCUT2D eigenvalue weighted by Crippen LogP contribution is -2.30. The number of carbonyl (C=O) groups is 1. The quantitative estimate of drug-likeness (QED) is 0.837. The summed E-state index contributed by atoms with van der Waals surface area (Å²) in [5, 5.41) is 3.49. The number of ether oxygens (including phenoxy) is 1. The maximum atomic E-state index is 12.3. The molecule has 0 aliphatic carbocycles. The predicted octanol–water partition coefficient (Wildman–Crippen LogP) is 4.96. The van der Waals surface area contributed by atoms with Crippen molar-refractivity contribution in [3.05, 3.63) is 58.1 Å². The third-order valence-corrected chi connectivity index (χ3v) is 3.87. The van der Waals surface area contributed by atoms with Crippen molar-refractivity contribution in [1.82, 2.24) is 0 Å². The zero-order valence-electron chi connectivity index (χ0n) is 12.4. The highest BCUT2D eigenvalue weighted by Gasteiger charge is 2.18. The number of amides is 1. The average Bonchev–Trinajstić information content (AvgIpc) is 2.51. The first kappa shape index (κ1) is 16.7. The van der Waals surface area contributed by atoms with Crippen LogP contribution in [0.1, 0.15) is 19.4 Å². The highest BCUT2D eigenvalue weighted by atomic mass is 35.5. The van der Waals surface area contributed by atoms with Crippen molar-refractivity contribution in [3.63, 3.8) is 0 Å². The van der Waals surface area contributed by atoms with E-state index in [-0.39, 0.29) is 5.91 Å². The summed E-state index contributed by atoms with van der Waals surface area (Å²) in [5.74, 6) is 0.402. The van der Waals surface area contributed by atoms with E-state index in [1.165, 1.54) is 0 Å². The topological polar surface area (TPSA) is 38.3 Å². The van der Waals surface area contributed by atoms with Crippen molar-refractivity contribution in [3.8, 4) is 5.75 Å². The molecule has 0 aliphatic heterocycles. The van der Waals surface area contributed by atoms with Crippen LogP contribution in [0.4, 0.5) is 5.69 Å². The molecule has 22 heavy (non-hydrogen) atoms. The Balaban J connectivity index is 2.10. The van der Waals surface area contributed by atoms with E-state index in [1.54, 1.807) is 25.1 Å². The minimum Gasteiger partial charge on any atom is -0.481 e. The fourth-order valence-electron chi connectivity index (χ4n) is 2.00. The maximum Gasteiger partial charge on any atom is 0.265 e. The summed E-state index contributed by atoms with van der Waals surface area (Å²) < 4.78 is 5.75. The molecule has 116 valence electrons. The van der Waals surface area contributed by atoms with Crippen LogP contribution < -0.4 is 10.1 Å². The third kappa shape index (κ3) is 3.93. The van der Waals surface area contributed by atoms with Crippen LogP contribution >= 0.6 is 23.2 Å². The summed E-state index contributed by atoms with van der Waals surface area (Å²) in [7, 11) is 0. The number of hydrogen-bond donors (Lipinski definition) is 1. The Kier molecular flexibility index (Phi) is 5.69. The van der Waals surface area contributed by atoms with E-state index >= 15 is 0 Å². The van der Waals surface area contributed by atoms with Gasteiger partial charge in [0, 0.05) is 0 Å². The van der Waals surface area contributed by atoms with Crippen LogP contribution in [0.3, 0.4) is 0 Å². The molecule has 1 atom stereocenters. The summed E-state index contributed by atoms with van der Waals surface area (Å²) in [6, 6.07) is 12.7. The fraction of sp³-hybridized carbons (Fsp3) is 0.235. The van der Waals surface area contributed by atoms with Gasteiger partial charge in [-0.2, -0.15) is 0 Å². The Morgan fingerprint density at radius 1 is 1.14 bits per heavy atom. The van der Waals surface area contributed by atoms with Crippen molar-refractivity contribution in [2.45, 2.75) is 26.4 Å². The number of para-hydroxylation sites is 2. The fourth-order valence-corrected chi connectivity index (χ4v) is 2.49. The second-order valence-electron chi connectivity index (χ2n) is 4.81. The van der Waals surface area contributed by atoms with Gasteiger partial charge in [0.15, 0.2) is 6.10 Å². The number of aryl methyl sites for hydroxylation is 1. The minimum atomic E-state index is -0.667. The second-order valence-corrected chi connectivity index (χ2v) is 5.62. The summed E-state index contributed by atoms with van der Waals surface area (Å²) in [5.41, 5.74) is 1.45. The second kappa shape index (κ2) is 7.52. The monoisotopic (exact) mass is 337 g/mol. The Labute approximate surface area is 140 Å². The lowest BCUT2D eigenvalue weighted by Gasteiger charge is -2.17. The summed E-state index contributed by atoms with van der Waals surface area (Å²) in [6.45, 7) is 3.73. The van der Waals surface area contributed by atoms with Gasteiger partial charge in [-0.25, -0.2) is 0 Å². The Bertz CT molecular complexity index is 653. The van der Waals surface area contributed by atoms with Crippen molar-refractivity contribution < 1.29 is 9.53 Å². The van der Waals surface area contributed by atoms with Crippen LogP contribution in [-0.2, 0) is 11.2 Å². The first-order valence-electron chi connectivity index (χ1n) is 7.02. The maximum absolute atomic E-state index is 12.3. The molecule has 5 heteroatoms. The molecule has 1 amide bonds. The van der Waals surface area contributed by atoms with Gasteiger partial charge in [-0.05, 0) is 37.1 Å². The number of carbonyl (C=O) groups excluding carboxylic acids is 1. The van der Waals surface area contributed by atoms with Crippen LogP contribution in [0.25, 0.3) is 0 Å². The van der Waals surface area contributed by atoms with E-state index < -0.39 is 6.10 Å². The van der Waals surface area contributed by atoms with Gasteiger partial charge in [0.25, 0.3) is 5.91 Å².